The molecule has 1 heterocycles. The zero-order valence-electron chi connectivity index (χ0n) is 9.02. The summed E-state index contributed by atoms with van der Waals surface area (Å²) in [6.45, 7) is -0.0387. The Kier molecular flexibility index (Phi) is 2.57. The maximum absolute atomic E-state index is 9.39. The van der Waals surface area contributed by atoms with Gasteiger partial charge in [0.2, 0.25) is 0 Å². The molecule has 0 amide bonds. The summed E-state index contributed by atoms with van der Waals surface area (Å²) in [6.07, 6.45) is 0. The van der Waals surface area contributed by atoms with Crippen LogP contribution >= 0.6 is 15.9 Å². The molecule has 0 saturated carbocycles. The number of halogens is 1. The van der Waals surface area contributed by atoms with Gasteiger partial charge in [0, 0.05) is 15.2 Å². The largest absolute Gasteiger partial charge is 0.390 e. The molecule has 0 aliphatic rings. The topological polar surface area (TPSA) is 33.1 Å². The van der Waals surface area contributed by atoms with E-state index in [0.29, 0.717) is 0 Å². The Bertz CT molecular complexity index is 709. The van der Waals surface area contributed by atoms with E-state index >= 15 is 0 Å². The molecule has 0 fully saturated rings. The summed E-state index contributed by atoms with van der Waals surface area (Å²) in [5, 5.41) is 12.6. The molecule has 2 nitrogen and oxygen atoms in total. The lowest BCUT2D eigenvalue weighted by molar-refractivity contribution is 0.279. The highest BCUT2D eigenvalue weighted by Crippen LogP contribution is 2.28. The Morgan fingerprint density at radius 3 is 2.65 bits per heavy atom. The van der Waals surface area contributed by atoms with Crippen molar-refractivity contribution in [3.8, 4) is 0 Å². The van der Waals surface area contributed by atoms with Crippen LogP contribution in [-0.4, -0.2) is 10.1 Å². The number of hydrogen-bond donors (Lipinski definition) is 1. The standard InChI is InChI=1S/C14H10BrNO/c15-9-5-6-11-12(7-9)10-3-1-2-4-13(10)16-14(11)8-17/h1-7,17H,8H2. The first kappa shape index (κ1) is 10.7. The molecule has 0 spiro atoms. The minimum absolute atomic E-state index is 0.0387. The Balaban J connectivity index is 2.56. The normalized spacial score (nSPS) is 11.2. The molecule has 0 aliphatic carbocycles. The summed E-state index contributed by atoms with van der Waals surface area (Å²) < 4.78 is 1.03. The minimum Gasteiger partial charge on any atom is -0.390 e. The average Bonchev–Trinajstić information content (AvgIpc) is 2.37. The molecular weight excluding hydrogens is 278 g/mol. The molecule has 0 radical (unpaired) electrons. The number of nitrogens with zero attached hydrogens (tertiary/aromatic N) is 1. The van der Waals surface area contributed by atoms with Gasteiger partial charge >= 0.3 is 0 Å². The van der Waals surface area contributed by atoms with Gasteiger partial charge in [-0.15, -0.1) is 0 Å². The number of aliphatic hydroxyl groups is 1. The predicted molar refractivity (Wildman–Crippen MR) is 72.9 cm³/mol. The molecule has 17 heavy (non-hydrogen) atoms. The number of fused-ring (bicyclic) bond motifs is 3. The first-order valence-corrected chi connectivity index (χ1v) is 6.16. The third-order valence-electron chi connectivity index (χ3n) is 2.89. The summed E-state index contributed by atoms with van der Waals surface area (Å²) in [6, 6.07) is 14.0. The van der Waals surface area contributed by atoms with E-state index in [1.165, 1.54) is 0 Å². The van der Waals surface area contributed by atoms with Crippen LogP contribution in [0.5, 0.6) is 0 Å². The van der Waals surface area contributed by atoms with E-state index in [0.717, 1.165) is 31.8 Å². The van der Waals surface area contributed by atoms with Crippen LogP contribution in [0.1, 0.15) is 5.69 Å². The summed E-state index contributed by atoms with van der Waals surface area (Å²) in [5.74, 6) is 0. The average molecular weight is 288 g/mol. The minimum atomic E-state index is -0.0387. The van der Waals surface area contributed by atoms with E-state index in [2.05, 4.69) is 33.0 Å². The van der Waals surface area contributed by atoms with Crippen molar-refractivity contribution < 1.29 is 5.11 Å². The molecule has 2 aromatic carbocycles. The molecule has 0 unspecified atom stereocenters. The number of hydrogen-bond acceptors (Lipinski definition) is 2. The maximum atomic E-state index is 9.39. The van der Waals surface area contributed by atoms with Gasteiger partial charge in [-0.2, -0.15) is 0 Å². The molecule has 1 aromatic heterocycles. The van der Waals surface area contributed by atoms with Crippen molar-refractivity contribution in [1.82, 2.24) is 4.98 Å². The lowest BCUT2D eigenvalue weighted by Crippen LogP contribution is -1.93. The second-order valence-corrected chi connectivity index (χ2v) is 4.84. The molecular formula is C14H10BrNO. The molecule has 0 atom stereocenters. The van der Waals surface area contributed by atoms with Crippen LogP contribution in [0.4, 0.5) is 0 Å². The summed E-state index contributed by atoms with van der Waals surface area (Å²) in [7, 11) is 0. The number of benzene rings is 2. The number of para-hydroxylation sites is 1. The number of rotatable bonds is 1. The highest BCUT2D eigenvalue weighted by Gasteiger charge is 2.07. The van der Waals surface area contributed by atoms with Crippen molar-refractivity contribution in [2.45, 2.75) is 6.61 Å². The number of aromatic nitrogens is 1. The Morgan fingerprint density at radius 1 is 1.00 bits per heavy atom. The van der Waals surface area contributed by atoms with Gasteiger partial charge in [-0.1, -0.05) is 40.2 Å². The van der Waals surface area contributed by atoms with E-state index < -0.39 is 0 Å². The van der Waals surface area contributed by atoms with Gasteiger partial charge in [-0.3, -0.25) is 0 Å². The van der Waals surface area contributed by atoms with Crippen molar-refractivity contribution in [3.05, 3.63) is 52.6 Å². The fraction of sp³-hybridized carbons (Fsp3) is 0.0714. The zero-order valence-corrected chi connectivity index (χ0v) is 10.6. The van der Waals surface area contributed by atoms with Crippen LogP contribution in [0, 0.1) is 0 Å². The Hall–Kier alpha value is -1.45. The number of aliphatic hydroxyl groups excluding tert-OH is 1. The fourth-order valence-electron chi connectivity index (χ4n) is 2.12. The van der Waals surface area contributed by atoms with Crippen molar-refractivity contribution in [2.24, 2.45) is 0 Å². The molecule has 3 aromatic rings. The van der Waals surface area contributed by atoms with Crippen molar-refractivity contribution >= 4 is 37.6 Å². The fourth-order valence-corrected chi connectivity index (χ4v) is 2.48. The quantitative estimate of drug-likeness (QED) is 0.693. The molecule has 0 bridgehead atoms. The van der Waals surface area contributed by atoms with Gasteiger partial charge in [-0.25, -0.2) is 4.98 Å². The zero-order chi connectivity index (χ0) is 11.8. The monoisotopic (exact) mass is 287 g/mol. The molecule has 3 rings (SSSR count). The van der Waals surface area contributed by atoms with Crippen LogP contribution in [0.25, 0.3) is 21.7 Å². The van der Waals surface area contributed by atoms with Crippen molar-refractivity contribution in [1.29, 1.82) is 0 Å². The molecule has 3 heteroatoms. The van der Waals surface area contributed by atoms with Crippen LogP contribution in [-0.2, 0) is 6.61 Å². The van der Waals surface area contributed by atoms with Crippen molar-refractivity contribution in [2.75, 3.05) is 0 Å². The second kappa shape index (κ2) is 4.09. The lowest BCUT2D eigenvalue weighted by atomic mass is 10.0. The number of pyridine rings is 1. The van der Waals surface area contributed by atoms with Crippen LogP contribution in [0.15, 0.2) is 46.9 Å². The highest BCUT2D eigenvalue weighted by atomic mass is 79.9. The Morgan fingerprint density at radius 2 is 1.82 bits per heavy atom. The third-order valence-corrected chi connectivity index (χ3v) is 3.39. The van der Waals surface area contributed by atoms with Gasteiger partial charge in [0.25, 0.3) is 0 Å². The molecule has 84 valence electrons. The third kappa shape index (κ3) is 1.72. The van der Waals surface area contributed by atoms with E-state index in [9.17, 15) is 5.11 Å². The lowest BCUT2D eigenvalue weighted by Gasteiger charge is -2.08. The molecule has 0 aliphatic heterocycles. The van der Waals surface area contributed by atoms with Gasteiger partial charge in [0.1, 0.15) is 0 Å². The molecule has 0 saturated heterocycles. The first-order chi connectivity index (χ1) is 8.29. The first-order valence-electron chi connectivity index (χ1n) is 5.37. The highest BCUT2D eigenvalue weighted by molar-refractivity contribution is 9.10. The van der Waals surface area contributed by atoms with Crippen molar-refractivity contribution in [3.63, 3.8) is 0 Å². The van der Waals surface area contributed by atoms with E-state index in [1.807, 2.05) is 30.3 Å². The molecule has 1 N–H and O–H groups in total. The van der Waals surface area contributed by atoms with E-state index in [4.69, 9.17) is 0 Å². The van der Waals surface area contributed by atoms with Gasteiger partial charge in [0.05, 0.1) is 17.8 Å². The van der Waals surface area contributed by atoms with E-state index in [1.54, 1.807) is 0 Å². The van der Waals surface area contributed by atoms with Gasteiger partial charge in [0.15, 0.2) is 0 Å². The van der Waals surface area contributed by atoms with Crippen LogP contribution in [0.3, 0.4) is 0 Å². The summed E-state index contributed by atoms with van der Waals surface area (Å²) in [4.78, 5) is 4.49. The maximum Gasteiger partial charge on any atom is 0.0859 e. The smallest absolute Gasteiger partial charge is 0.0859 e. The van der Waals surface area contributed by atoms with Gasteiger partial charge < -0.3 is 5.11 Å². The van der Waals surface area contributed by atoms with Gasteiger partial charge in [-0.05, 0) is 23.6 Å². The summed E-state index contributed by atoms with van der Waals surface area (Å²) >= 11 is 3.48. The summed E-state index contributed by atoms with van der Waals surface area (Å²) in [5.41, 5.74) is 1.65. The van der Waals surface area contributed by atoms with Crippen LogP contribution in [0.2, 0.25) is 0 Å². The Labute approximate surface area is 107 Å². The SMILES string of the molecule is OCc1nc2ccccc2c2cc(Br)ccc12. The van der Waals surface area contributed by atoms with E-state index in [-0.39, 0.29) is 6.61 Å². The van der Waals surface area contributed by atoms with Crippen LogP contribution < -0.4 is 0 Å². The predicted octanol–water partition coefficient (Wildman–Crippen LogP) is 3.64. The second-order valence-electron chi connectivity index (χ2n) is 3.92.